The number of H-pyrrole nitrogens is 1. The summed E-state index contributed by atoms with van der Waals surface area (Å²) in [6.45, 7) is 1.76. The number of aromatic amines is 1. The molecule has 0 unspecified atom stereocenters. The molecule has 0 aliphatic heterocycles. The van der Waals surface area contributed by atoms with Gasteiger partial charge >= 0.3 is 11.9 Å². The van der Waals surface area contributed by atoms with Crippen molar-refractivity contribution in [2.45, 2.75) is 30.8 Å². The van der Waals surface area contributed by atoms with E-state index in [9.17, 15) is 18.0 Å². The van der Waals surface area contributed by atoms with Crippen LogP contribution in [0, 0.1) is 0 Å². The summed E-state index contributed by atoms with van der Waals surface area (Å²) in [6.07, 6.45) is 0.664. The molecule has 9 nitrogen and oxygen atoms in total. The molecule has 0 spiro atoms. The highest BCUT2D eigenvalue weighted by molar-refractivity contribution is 7.89. The van der Waals surface area contributed by atoms with E-state index in [0.717, 1.165) is 6.20 Å². The van der Waals surface area contributed by atoms with E-state index in [1.807, 2.05) is 0 Å². The summed E-state index contributed by atoms with van der Waals surface area (Å²) in [7, 11) is -4.15. The van der Waals surface area contributed by atoms with Crippen LogP contribution in [0.4, 0.5) is 0 Å². The number of nitrogens with one attached hydrogen (secondary N) is 2. The first-order valence-electron chi connectivity index (χ1n) is 5.27. The van der Waals surface area contributed by atoms with Crippen LogP contribution in [0.25, 0.3) is 0 Å². The second kappa shape index (κ2) is 5.80. The Morgan fingerprint density at radius 3 is 2.53 bits per heavy atom. The van der Waals surface area contributed by atoms with Gasteiger partial charge in [0, 0.05) is 6.42 Å². The van der Waals surface area contributed by atoms with Gasteiger partial charge in [-0.15, -0.1) is 0 Å². The van der Waals surface area contributed by atoms with E-state index in [1.54, 1.807) is 11.6 Å². The molecule has 0 bridgehead atoms. The van der Waals surface area contributed by atoms with E-state index in [1.165, 1.54) is 0 Å². The zero-order valence-electron chi connectivity index (χ0n) is 9.95. The quantitative estimate of drug-likeness (QED) is 0.512. The molecular formula is C9H13N3O6S. The van der Waals surface area contributed by atoms with Crippen LogP contribution >= 0.6 is 0 Å². The number of sulfonamides is 1. The fourth-order valence-corrected chi connectivity index (χ4v) is 2.39. The van der Waals surface area contributed by atoms with Gasteiger partial charge in [0.15, 0.2) is 5.03 Å². The Bertz CT molecular complexity index is 579. The van der Waals surface area contributed by atoms with Crippen molar-refractivity contribution in [1.82, 2.24) is 14.7 Å². The van der Waals surface area contributed by atoms with Gasteiger partial charge in [0.2, 0.25) is 0 Å². The number of nitrogens with zero attached hydrogens (tertiary/aromatic N) is 1. The molecule has 0 aromatic carbocycles. The average molecular weight is 291 g/mol. The summed E-state index contributed by atoms with van der Waals surface area (Å²) in [6, 6.07) is -1.74. The van der Waals surface area contributed by atoms with Crippen molar-refractivity contribution >= 4 is 22.0 Å². The van der Waals surface area contributed by atoms with Crippen LogP contribution in [0.1, 0.15) is 19.2 Å². The molecule has 1 aromatic heterocycles. The maximum Gasteiger partial charge on any atom is 0.322 e. The topological polar surface area (TPSA) is 149 Å². The number of aliphatic carboxylic acids is 2. The van der Waals surface area contributed by atoms with Gasteiger partial charge in [0.25, 0.3) is 10.0 Å². The molecule has 19 heavy (non-hydrogen) atoms. The normalized spacial score (nSPS) is 13.1. The highest BCUT2D eigenvalue weighted by Gasteiger charge is 2.28. The van der Waals surface area contributed by atoms with Crippen LogP contribution in [0.5, 0.6) is 0 Å². The number of imidazole rings is 1. The standard InChI is InChI=1S/C9H13N3O6S/c1-2-6-10-4-7(11-6)19(17,18)12-5(9(15)16)3-8(13)14/h4-5,12H,2-3H2,1H3,(H,10,11)(H,13,14)(H,15,16)/t5-/m1/s1. The lowest BCUT2D eigenvalue weighted by molar-refractivity contribution is -0.145. The van der Waals surface area contributed by atoms with E-state index in [-0.39, 0.29) is 5.03 Å². The summed E-state index contributed by atoms with van der Waals surface area (Å²) < 4.78 is 25.4. The van der Waals surface area contributed by atoms with Crippen molar-refractivity contribution in [3.63, 3.8) is 0 Å². The maximum atomic E-state index is 11.8. The number of aryl methyl sites for hydroxylation is 1. The molecule has 0 aliphatic rings. The van der Waals surface area contributed by atoms with Crippen LogP contribution in [-0.2, 0) is 26.0 Å². The Morgan fingerprint density at radius 2 is 2.11 bits per heavy atom. The predicted octanol–water partition coefficient (Wildman–Crippen LogP) is -0.822. The van der Waals surface area contributed by atoms with Crippen LogP contribution in [-0.4, -0.2) is 46.6 Å². The monoisotopic (exact) mass is 291 g/mol. The molecule has 0 amide bonds. The lowest BCUT2D eigenvalue weighted by atomic mass is 10.2. The molecule has 0 fully saturated rings. The number of carboxylic acids is 2. The Labute approximate surface area is 108 Å². The molecule has 1 atom stereocenters. The molecular weight excluding hydrogens is 278 g/mol. The Morgan fingerprint density at radius 1 is 1.47 bits per heavy atom. The Kier molecular flexibility index (Phi) is 4.62. The fourth-order valence-electron chi connectivity index (χ4n) is 1.26. The van der Waals surface area contributed by atoms with Crippen LogP contribution in [0.15, 0.2) is 11.2 Å². The maximum absolute atomic E-state index is 11.8. The number of carbonyl (C=O) groups is 2. The molecule has 1 aromatic rings. The van der Waals surface area contributed by atoms with Gasteiger partial charge in [0.1, 0.15) is 11.9 Å². The van der Waals surface area contributed by atoms with E-state index in [4.69, 9.17) is 10.2 Å². The minimum atomic E-state index is -4.15. The molecule has 0 saturated heterocycles. The first kappa shape index (κ1) is 15.1. The molecule has 4 N–H and O–H groups in total. The van der Waals surface area contributed by atoms with Gasteiger partial charge in [-0.25, -0.2) is 13.4 Å². The lowest BCUT2D eigenvalue weighted by Crippen LogP contribution is -2.42. The Balaban J connectivity index is 2.93. The summed E-state index contributed by atoms with van der Waals surface area (Å²) in [5.74, 6) is -2.57. The summed E-state index contributed by atoms with van der Waals surface area (Å²) in [4.78, 5) is 27.5. The fraction of sp³-hybridized carbons (Fsp3) is 0.444. The lowest BCUT2D eigenvalue weighted by Gasteiger charge is -2.11. The summed E-state index contributed by atoms with van der Waals surface area (Å²) >= 11 is 0. The largest absolute Gasteiger partial charge is 0.481 e. The minimum absolute atomic E-state index is 0.305. The van der Waals surface area contributed by atoms with Crippen molar-refractivity contribution in [2.75, 3.05) is 0 Å². The third-order valence-electron chi connectivity index (χ3n) is 2.20. The van der Waals surface area contributed by atoms with E-state index >= 15 is 0 Å². The van der Waals surface area contributed by atoms with E-state index in [0.29, 0.717) is 12.2 Å². The number of hydrogen-bond donors (Lipinski definition) is 4. The van der Waals surface area contributed by atoms with Crippen molar-refractivity contribution in [3.05, 3.63) is 12.0 Å². The molecule has 0 radical (unpaired) electrons. The smallest absolute Gasteiger partial charge is 0.322 e. The number of rotatable bonds is 7. The summed E-state index contributed by atoms with van der Waals surface area (Å²) in [5, 5.41) is 17.0. The van der Waals surface area contributed by atoms with Gasteiger partial charge < -0.3 is 15.2 Å². The van der Waals surface area contributed by atoms with Gasteiger partial charge in [-0.2, -0.15) is 4.72 Å². The second-order valence-electron chi connectivity index (χ2n) is 3.66. The van der Waals surface area contributed by atoms with E-state index < -0.39 is 34.4 Å². The Hall–Kier alpha value is -1.94. The third-order valence-corrected chi connectivity index (χ3v) is 3.59. The van der Waals surface area contributed by atoms with Gasteiger partial charge in [-0.3, -0.25) is 9.59 Å². The zero-order valence-corrected chi connectivity index (χ0v) is 10.8. The number of carboxylic acid groups (broad SMARTS) is 2. The van der Waals surface area contributed by atoms with Crippen molar-refractivity contribution < 1.29 is 28.2 Å². The van der Waals surface area contributed by atoms with Gasteiger partial charge in [-0.1, -0.05) is 6.92 Å². The van der Waals surface area contributed by atoms with E-state index in [2.05, 4.69) is 9.97 Å². The van der Waals surface area contributed by atoms with Crippen molar-refractivity contribution in [2.24, 2.45) is 0 Å². The first-order chi connectivity index (χ1) is 8.76. The highest BCUT2D eigenvalue weighted by Crippen LogP contribution is 2.08. The predicted molar refractivity (Wildman–Crippen MR) is 62.0 cm³/mol. The summed E-state index contributed by atoms with van der Waals surface area (Å²) in [5.41, 5.74) is 0. The van der Waals surface area contributed by atoms with Crippen molar-refractivity contribution in [3.8, 4) is 0 Å². The van der Waals surface area contributed by atoms with Crippen LogP contribution in [0.3, 0.4) is 0 Å². The first-order valence-corrected chi connectivity index (χ1v) is 6.75. The molecule has 106 valence electrons. The SMILES string of the molecule is CCc1ncc(S(=O)(=O)N[C@H](CC(=O)O)C(=O)O)[nH]1. The number of hydrogen-bond acceptors (Lipinski definition) is 5. The molecule has 0 saturated carbocycles. The van der Waals surface area contributed by atoms with Crippen LogP contribution < -0.4 is 4.72 Å². The zero-order chi connectivity index (χ0) is 14.6. The minimum Gasteiger partial charge on any atom is -0.481 e. The second-order valence-corrected chi connectivity index (χ2v) is 5.34. The molecule has 0 aliphatic carbocycles. The van der Waals surface area contributed by atoms with Gasteiger partial charge in [-0.05, 0) is 0 Å². The molecule has 1 rings (SSSR count). The molecule has 10 heteroatoms. The number of aromatic nitrogens is 2. The van der Waals surface area contributed by atoms with Crippen molar-refractivity contribution in [1.29, 1.82) is 0 Å². The highest BCUT2D eigenvalue weighted by atomic mass is 32.2. The van der Waals surface area contributed by atoms with Crippen LogP contribution in [0.2, 0.25) is 0 Å². The average Bonchev–Trinajstić information content (AvgIpc) is 2.76. The third kappa shape index (κ3) is 4.03. The van der Waals surface area contributed by atoms with Gasteiger partial charge in [0.05, 0.1) is 12.6 Å². The molecule has 1 heterocycles.